The molecule has 0 aliphatic rings. The predicted molar refractivity (Wildman–Crippen MR) is 92.1 cm³/mol. The lowest BCUT2D eigenvalue weighted by molar-refractivity contribution is 1.08. The summed E-state index contributed by atoms with van der Waals surface area (Å²) in [5.41, 5.74) is 0.940. The predicted octanol–water partition coefficient (Wildman–Crippen LogP) is 5.09. The average molecular weight is 280 g/mol. The first-order chi connectivity index (χ1) is 10.9. The normalized spacial score (nSPS) is 11.6. The summed E-state index contributed by atoms with van der Waals surface area (Å²) >= 11 is 0. The zero-order valence-corrected chi connectivity index (χ0v) is 11.8. The van der Waals surface area contributed by atoms with Gasteiger partial charge in [-0.15, -0.1) is 0 Å². The van der Waals surface area contributed by atoms with Gasteiger partial charge in [0.25, 0.3) is 0 Å². The number of hydrogen-bond acceptors (Lipinski definition) is 2. The quantitative estimate of drug-likeness (QED) is 0.292. The molecule has 5 rings (SSSR count). The van der Waals surface area contributed by atoms with E-state index in [9.17, 15) is 0 Å². The lowest BCUT2D eigenvalue weighted by Gasteiger charge is -2.07. The van der Waals surface area contributed by atoms with Crippen molar-refractivity contribution in [2.45, 2.75) is 0 Å². The van der Waals surface area contributed by atoms with Crippen molar-refractivity contribution in [2.75, 3.05) is 0 Å². The van der Waals surface area contributed by atoms with Gasteiger partial charge in [0, 0.05) is 5.39 Å². The Morgan fingerprint density at radius 3 is 2.05 bits per heavy atom. The van der Waals surface area contributed by atoms with E-state index in [1.807, 2.05) is 6.07 Å². The topological polar surface area (TPSA) is 25.8 Å². The van der Waals surface area contributed by atoms with Gasteiger partial charge in [-0.25, -0.2) is 0 Å². The molecule has 0 unspecified atom stereocenters. The summed E-state index contributed by atoms with van der Waals surface area (Å²) < 4.78 is 0. The molecule has 0 bridgehead atoms. The van der Waals surface area contributed by atoms with Crippen LogP contribution in [0.1, 0.15) is 0 Å². The Hall–Kier alpha value is -3.00. The summed E-state index contributed by atoms with van der Waals surface area (Å²) in [6, 6.07) is 23.7. The van der Waals surface area contributed by atoms with E-state index in [4.69, 9.17) is 0 Å². The standard InChI is InChI=1S/C20H12N2/c1-2-4-14-11-18-15(9-13(14)3-1)5-6-16-10-17-7-8-21-22-20(17)12-19(16)18/h1-12H. The number of nitrogens with zero attached hydrogens (tertiary/aromatic N) is 2. The number of aromatic nitrogens is 2. The van der Waals surface area contributed by atoms with Crippen LogP contribution in [0.5, 0.6) is 0 Å². The van der Waals surface area contributed by atoms with Crippen LogP contribution in [0.15, 0.2) is 72.9 Å². The second-order valence-electron chi connectivity index (χ2n) is 5.65. The van der Waals surface area contributed by atoms with Crippen molar-refractivity contribution < 1.29 is 0 Å². The molecule has 22 heavy (non-hydrogen) atoms. The van der Waals surface area contributed by atoms with Crippen LogP contribution in [0.3, 0.4) is 0 Å². The minimum absolute atomic E-state index is 0.940. The summed E-state index contributed by atoms with van der Waals surface area (Å²) in [4.78, 5) is 0. The fourth-order valence-corrected chi connectivity index (χ4v) is 3.23. The van der Waals surface area contributed by atoms with Gasteiger partial charge in [0.05, 0.1) is 11.7 Å². The van der Waals surface area contributed by atoms with E-state index < -0.39 is 0 Å². The highest BCUT2D eigenvalue weighted by atomic mass is 15.1. The van der Waals surface area contributed by atoms with E-state index in [0.717, 1.165) is 10.9 Å². The molecular weight excluding hydrogens is 268 g/mol. The minimum Gasteiger partial charge on any atom is -0.159 e. The van der Waals surface area contributed by atoms with Gasteiger partial charge < -0.3 is 0 Å². The molecule has 0 aliphatic carbocycles. The van der Waals surface area contributed by atoms with Gasteiger partial charge in [-0.05, 0) is 62.6 Å². The third kappa shape index (κ3) is 1.61. The molecule has 0 atom stereocenters. The van der Waals surface area contributed by atoms with Crippen LogP contribution in [0.2, 0.25) is 0 Å². The lowest BCUT2D eigenvalue weighted by Crippen LogP contribution is -1.84. The molecule has 0 spiro atoms. The number of hydrogen-bond donors (Lipinski definition) is 0. The first-order valence-electron chi connectivity index (χ1n) is 7.35. The van der Waals surface area contributed by atoms with Crippen molar-refractivity contribution in [3.8, 4) is 0 Å². The molecule has 1 aromatic heterocycles. The molecule has 0 aliphatic heterocycles. The highest BCUT2D eigenvalue weighted by molar-refractivity contribution is 6.14. The largest absolute Gasteiger partial charge is 0.159 e. The summed E-state index contributed by atoms with van der Waals surface area (Å²) in [6.45, 7) is 0. The fourth-order valence-electron chi connectivity index (χ4n) is 3.23. The molecule has 0 N–H and O–H groups in total. The molecule has 1 heterocycles. The molecule has 2 heteroatoms. The Balaban J connectivity index is 2.00. The Bertz CT molecular complexity index is 1080. The first kappa shape index (κ1) is 11.6. The van der Waals surface area contributed by atoms with E-state index in [-0.39, 0.29) is 0 Å². The molecule has 0 amide bonds. The van der Waals surface area contributed by atoms with Gasteiger partial charge in [0.1, 0.15) is 0 Å². The maximum absolute atomic E-state index is 4.25. The Morgan fingerprint density at radius 1 is 0.545 bits per heavy atom. The fraction of sp³-hybridized carbons (Fsp3) is 0. The van der Waals surface area contributed by atoms with Crippen LogP contribution in [0, 0.1) is 0 Å². The molecule has 2 nitrogen and oxygen atoms in total. The van der Waals surface area contributed by atoms with Crippen molar-refractivity contribution in [3.05, 3.63) is 72.9 Å². The van der Waals surface area contributed by atoms with Gasteiger partial charge in [0.2, 0.25) is 0 Å². The summed E-state index contributed by atoms with van der Waals surface area (Å²) in [5, 5.41) is 16.9. The smallest absolute Gasteiger partial charge is 0.0936 e. The zero-order chi connectivity index (χ0) is 14.5. The molecule has 0 saturated heterocycles. The maximum Gasteiger partial charge on any atom is 0.0936 e. The van der Waals surface area contributed by atoms with Gasteiger partial charge in [-0.1, -0.05) is 36.4 Å². The van der Waals surface area contributed by atoms with Crippen LogP contribution >= 0.6 is 0 Å². The zero-order valence-electron chi connectivity index (χ0n) is 11.8. The van der Waals surface area contributed by atoms with E-state index in [0.29, 0.717) is 0 Å². The Kier molecular flexibility index (Phi) is 2.25. The molecule has 0 saturated carbocycles. The van der Waals surface area contributed by atoms with Crippen LogP contribution in [-0.4, -0.2) is 10.2 Å². The van der Waals surface area contributed by atoms with Crippen LogP contribution < -0.4 is 0 Å². The van der Waals surface area contributed by atoms with Gasteiger partial charge in [-0.2, -0.15) is 10.2 Å². The molecule has 4 aromatic carbocycles. The Labute approximate surface area is 127 Å². The Morgan fingerprint density at radius 2 is 1.23 bits per heavy atom. The molecule has 0 radical (unpaired) electrons. The summed E-state index contributed by atoms with van der Waals surface area (Å²) in [7, 11) is 0. The molecule has 0 fully saturated rings. The van der Waals surface area contributed by atoms with Crippen molar-refractivity contribution in [1.82, 2.24) is 10.2 Å². The van der Waals surface area contributed by atoms with Gasteiger partial charge >= 0.3 is 0 Å². The third-order valence-corrected chi connectivity index (χ3v) is 4.34. The third-order valence-electron chi connectivity index (χ3n) is 4.34. The second-order valence-corrected chi connectivity index (χ2v) is 5.65. The summed E-state index contributed by atoms with van der Waals surface area (Å²) in [6.07, 6.45) is 1.74. The minimum atomic E-state index is 0.940. The van der Waals surface area contributed by atoms with Gasteiger partial charge in [0.15, 0.2) is 0 Å². The van der Waals surface area contributed by atoms with Crippen molar-refractivity contribution in [2.24, 2.45) is 0 Å². The first-order valence-corrected chi connectivity index (χ1v) is 7.35. The van der Waals surface area contributed by atoms with Crippen LogP contribution in [-0.2, 0) is 0 Å². The highest BCUT2D eigenvalue weighted by Gasteiger charge is 2.05. The number of fused-ring (bicyclic) bond motifs is 5. The monoisotopic (exact) mass is 280 g/mol. The van der Waals surface area contributed by atoms with E-state index >= 15 is 0 Å². The van der Waals surface area contributed by atoms with Gasteiger partial charge in [-0.3, -0.25) is 0 Å². The maximum atomic E-state index is 4.25. The van der Waals surface area contributed by atoms with Crippen molar-refractivity contribution in [3.63, 3.8) is 0 Å². The summed E-state index contributed by atoms with van der Waals surface area (Å²) in [5.74, 6) is 0. The van der Waals surface area contributed by atoms with E-state index in [1.54, 1.807) is 6.20 Å². The van der Waals surface area contributed by atoms with Crippen LogP contribution in [0.25, 0.3) is 43.2 Å². The van der Waals surface area contributed by atoms with E-state index in [2.05, 4.69) is 70.9 Å². The van der Waals surface area contributed by atoms with Crippen LogP contribution in [0.4, 0.5) is 0 Å². The highest BCUT2D eigenvalue weighted by Crippen LogP contribution is 2.31. The SMILES string of the molecule is c1ccc2cc3c(ccc4cc5ccnnc5cc43)cc2c1. The average Bonchev–Trinajstić information content (AvgIpc) is 2.58. The molecule has 102 valence electrons. The molecule has 5 aromatic rings. The van der Waals surface area contributed by atoms with Crippen molar-refractivity contribution >= 4 is 43.2 Å². The lowest BCUT2D eigenvalue weighted by atomic mass is 9.97. The second kappa shape index (κ2) is 4.25. The van der Waals surface area contributed by atoms with Crippen molar-refractivity contribution in [1.29, 1.82) is 0 Å². The number of benzene rings is 4. The number of rotatable bonds is 0. The molecular formula is C20H12N2. The van der Waals surface area contributed by atoms with E-state index in [1.165, 1.54) is 32.3 Å².